The number of sulfonamides is 1. The summed E-state index contributed by atoms with van der Waals surface area (Å²) in [6, 6.07) is 2.16. The summed E-state index contributed by atoms with van der Waals surface area (Å²) < 4.78 is 69.8. The standard InChI is InChI=1S/C7H7F2NO4S2/c1-15(11,12)10-5-2-3-7(6(8)4-5)16(9,13)14/h2-4,10H,1H3. The number of hydrogen-bond acceptors (Lipinski definition) is 4. The highest BCUT2D eigenvalue weighted by atomic mass is 32.3. The van der Waals surface area contributed by atoms with E-state index in [2.05, 4.69) is 0 Å². The molecule has 0 saturated heterocycles. The van der Waals surface area contributed by atoms with Crippen LogP contribution in [0.1, 0.15) is 0 Å². The molecule has 1 aromatic carbocycles. The van der Waals surface area contributed by atoms with Crippen molar-refractivity contribution >= 4 is 25.9 Å². The van der Waals surface area contributed by atoms with Gasteiger partial charge in [0, 0.05) is 0 Å². The lowest BCUT2D eigenvalue weighted by molar-refractivity contribution is 0.534. The van der Waals surface area contributed by atoms with Crippen molar-refractivity contribution in [1.82, 2.24) is 0 Å². The van der Waals surface area contributed by atoms with Gasteiger partial charge in [0.2, 0.25) is 10.0 Å². The summed E-state index contributed by atoms with van der Waals surface area (Å²) in [6.45, 7) is 0. The van der Waals surface area contributed by atoms with Gasteiger partial charge in [-0.2, -0.15) is 8.42 Å². The van der Waals surface area contributed by atoms with Crippen molar-refractivity contribution in [2.75, 3.05) is 11.0 Å². The van der Waals surface area contributed by atoms with Crippen molar-refractivity contribution in [3.05, 3.63) is 24.0 Å². The van der Waals surface area contributed by atoms with Crippen LogP contribution in [0.15, 0.2) is 23.1 Å². The molecule has 1 N–H and O–H groups in total. The van der Waals surface area contributed by atoms with Crippen LogP contribution < -0.4 is 4.72 Å². The molecular formula is C7H7F2NO4S2. The summed E-state index contributed by atoms with van der Waals surface area (Å²) in [6.07, 6.45) is 0.838. The fourth-order valence-electron chi connectivity index (χ4n) is 0.976. The quantitative estimate of drug-likeness (QED) is 0.827. The van der Waals surface area contributed by atoms with E-state index in [0.29, 0.717) is 12.1 Å². The number of halogens is 2. The van der Waals surface area contributed by atoms with Gasteiger partial charge in [0.25, 0.3) is 0 Å². The second-order valence-electron chi connectivity index (χ2n) is 2.96. The Balaban J connectivity index is 3.20. The number of hydrogen-bond donors (Lipinski definition) is 1. The van der Waals surface area contributed by atoms with Gasteiger partial charge < -0.3 is 0 Å². The van der Waals surface area contributed by atoms with Crippen molar-refractivity contribution in [1.29, 1.82) is 0 Å². The second-order valence-corrected chi connectivity index (χ2v) is 6.02. The molecule has 0 fully saturated rings. The smallest absolute Gasteiger partial charge is 0.284 e. The maximum Gasteiger partial charge on any atom is 0.335 e. The third kappa shape index (κ3) is 3.42. The Morgan fingerprint density at radius 2 is 1.75 bits per heavy atom. The monoisotopic (exact) mass is 271 g/mol. The topological polar surface area (TPSA) is 80.3 Å². The van der Waals surface area contributed by atoms with Gasteiger partial charge in [0.1, 0.15) is 10.7 Å². The predicted molar refractivity (Wildman–Crippen MR) is 53.2 cm³/mol. The maximum absolute atomic E-state index is 13.1. The third-order valence-electron chi connectivity index (χ3n) is 1.50. The third-order valence-corrected chi connectivity index (χ3v) is 2.96. The number of rotatable bonds is 3. The Bertz CT molecular complexity index is 609. The van der Waals surface area contributed by atoms with E-state index in [1.165, 1.54) is 0 Å². The van der Waals surface area contributed by atoms with Crippen molar-refractivity contribution in [3.63, 3.8) is 0 Å². The number of benzene rings is 1. The first kappa shape index (κ1) is 12.8. The molecule has 0 aliphatic heterocycles. The second kappa shape index (κ2) is 3.98. The van der Waals surface area contributed by atoms with E-state index in [1.807, 2.05) is 4.72 Å². The summed E-state index contributed by atoms with van der Waals surface area (Å²) in [5, 5.41) is 0. The van der Waals surface area contributed by atoms with E-state index >= 15 is 0 Å². The van der Waals surface area contributed by atoms with Crippen LogP contribution in [-0.2, 0) is 20.2 Å². The molecule has 0 aromatic heterocycles. The molecule has 0 atom stereocenters. The molecule has 0 spiro atoms. The molecule has 5 nitrogen and oxygen atoms in total. The lowest BCUT2D eigenvalue weighted by Gasteiger charge is -2.04. The van der Waals surface area contributed by atoms with E-state index in [9.17, 15) is 25.1 Å². The van der Waals surface area contributed by atoms with Crippen LogP contribution in [-0.4, -0.2) is 23.1 Å². The van der Waals surface area contributed by atoms with Gasteiger partial charge in [-0.05, 0) is 18.2 Å². The fraction of sp³-hybridized carbons (Fsp3) is 0.143. The molecule has 0 saturated carbocycles. The lowest BCUT2D eigenvalue weighted by Crippen LogP contribution is -2.10. The van der Waals surface area contributed by atoms with Gasteiger partial charge in [0.15, 0.2) is 0 Å². The van der Waals surface area contributed by atoms with Crippen LogP contribution in [0.3, 0.4) is 0 Å². The molecule has 16 heavy (non-hydrogen) atoms. The van der Waals surface area contributed by atoms with Crippen LogP contribution in [0.2, 0.25) is 0 Å². The Kier molecular flexibility index (Phi) is 3.20. The lowest BCUT2D eigenvalue weighted by atomic mass is 10.3. The molecule has 0 aliphatic carbocycles. The van der Waals surface area contributed by atoms with E-state index in [0.717, 1.165) is 12.3 Å². The molecular weight excluding hydrogens is 264 g/mol. The van der Waals surface area contributed by atoms with Crippen LogP contribution in [0, 0.1) is 5.82 Å². The van der Waals surface area contributed by atoms with Crippen LogP contribution in [0.5, 0.6) is 0 Å². The minimum absolute atomic E-state index is 0.188. The van der Waals surface area contributed by atoms with E-state index in [4.69, 9.17) is 0 Å². The van der Waals surface area contributed by atoms with E-state index < -0.39 is 31.0 Å². The highest BCUT2D eigenvalue weighted by Crippen LogP contribution is 2.20. The summed E-state index contributed by atoms with van der Waals surface area (Å²) in [5.41, 5.74) is -0.188. The first-order chi connectivity index (χ1) is 7.09. The molecule has 1 aromatic rings. The van der Waals surface area contributed by atoms with Gasteiger partial charge in [0.05, 0.1) is 11.9 Å². The molecule has 0 aliphatic rings. The zero-order valence-electron chi connectivity index (χ0n) is 7.94. The van der Waals surface area contributed by atoms with Gasteiger partial charge in [-0.3, -0.25) is 4.72 Å². The highest BCUT2D eigenvalue weighted by molar-refractivity contribution is 7.92. The largest absolute Gasteiger partial charge is 0.335 e. The minimum Gasteiger partial charge on any atom is -0.284 e. The molecule has 0 bridgehead atoms. The SMILES string of the molecule is CS(=O)(=O)Nc1ccc(S(=O)(=O)F)c(F)c1. The van der Waals surface area contributed by atoms with Crippen molar-refractivity contribution < 1.29 is 25.1 Å². The number of nitrogens with one attached hydrogen (secondary N) is 1. The van der Waals surface area contributed by atoms with Crippen molar-refractivity contribution in [3.8, 4) is 0 Å². The average molecular weight is 271 g/mol. The van der Waals surface area contributed by atoms with Gasteiger partial charge in [-0.1, -0.05) is 0 Å². The molecule has 0 heterocycles. The average Bonchev–Trinajstić information content (AvgIpc) is 1.97. The van der Waals surface area contributed by atoms with E-state index in [-0.39, 0.29) is 5.69 Å². The van der Waals surface area contributed by atoms with Crippen LogP contribution in [0.4, 0.5) is 14.0 Å². The summed E-state index contributed by atoms with van der Waals surface area (Å²) in [7, 11) is -8.75. The molecule has 0 amide bonds. The Hall–Kier alpha value is -1.22. The Morgan fingerprint density at radius 3 is 2.12 bits per heavy atom. The summed E-state index contributed by atoms with van der Waals surface area (Å²) in [4.78, 5) is -1.13. The molecule has 0 unspecified atom stereocenters. The van der Waals surface area contributed by atoms with Crippen molar-refractivity contribution in [2.24, 2.45) is 0 Å². The first-order valence-corrected chi connectivity index (χ1v) is 7.09. The maximum atomic E-state index is 13.1. The fourth-order valence-corrected chi connectivity index (χ4v) is 2.05. The highest BCUT2D eigenvalue weighted by Gasteiger charge is 2.18. The predicted octanol–water partition coefficient (Wildman–Crippen LogP) is 0.855. The Labute approximate surface area is 91.4 Å². The normalized spacial score (nSPS) is 12.4. The Morgan fingerprint density at radius 1 is 1.19 bits per heavy atom. The summed E-state index contributed by atoms with van der Waals surface area (Å²) in [5.74, 6) is -1.36. The first-order valence-electron chi connectivity index (χ1n) is 3.81. The van der Waals surface area contributed by atoms with Crippen LogP contribution >= 0.6 is 0 Å². The minimum atomic E-state index is -5.15. The van der Waals surface area contributed by atoms with Gasteiger partial charge in [-0.15, -0.1) is 3.89 Å². The molecule has 1 rings (SSSR count). The van der Waals surface area contributed by atoms with E-state index in [1.54, 1.807) is 0 Å². The molecule has 9 heteroatoms. The van der Waals surface area contributed by atoms with Crippen LogP contribution in [0.25, 0.3) is 0 Å². The molecule has 90 valence electrons. The van der Waals surface area contributed by atoms with Crippen molar-refractivity contribution in [2.45, 2.75) is 4.90 Å². The zero-order chi connectivity index (χ0) is 12.6. The zero-order valence-corrected chi connectivity index (χ0v) is 9.57. The van der Waals surface area contributed by atoms with Gasteiger partial charge in [-0.25, -0.2) is 12.8 Å². The number of anilines is 1. The molecule has 0 radical (unpaired) electrons. The summed E-state index contributed by atoms with van der Waals surface area (Å²) >= 11 is 0. The van der Waals surface area contributed by atoms with Gasteiger partial charge >= 0.3 is 10.2 Å².